The smallest absolute Gasteiger partial charge is 0.191 e. The molecule has 8 heteroatoms. The molecule has 172 valence electrons. The Balaban J connectivity index is 0.00000450. The zero-order chi connectivity index (χ0) is 20.9. The molecule has 0 bridgehead atoms. The second-order valence-corrected chi connectivity index (χ2v) is 7.49. The van der Waals surface area contributed by atoms with Crippen LogP contribution in [0.15, 0.2) is 29.3 Å². The summed E-state index contributed by atoms with van der Waals surface area (Å²) in [7, 11) is 0. The van der Waals surface area contributed by atoms with E-state index in [1.165, 1.54) is 6.07 Å². The van der Waals surface area contributed by atoms with Crippen LogP contribution in [0.2, 0.25) is 0 Å². The zero-order valence-corrected chi connectivity index (χ0v) is 20.6. The van der Waals surface area contributed by atoms with Gasteiger partial charge in [-0.1, -0.05) is 25.5 Å². The number of hydrogen-bond donors (Lipinski definition) is 3. The van der Waals surface area contributed by atoms with E-state index in [2.05, 4.69) is 22.5 Å². The Morgan fingerprint density at radius 2 is 2.00 bits per heavy atom. The molecule has 2 rings (SSSR count). The number of morpholine rings is 1. The molecule has 30 heavy (non-hydrogen) atoms. The van der Waals surface area contributed by atoms with Crippen LogP contribution >= 0.6 is 24.0 Å². The predicted molar refractivity (Wildman–Crippen MR) is 131 cm³/mol. The molecule has 1 aromatic rings. The maximum atomic E-state index is 13.8. The van der Waals surface area contributed by atoms with E-state index in [-0.39, 0.29) is 42.4 Å². The Kier molecular flexibility index (Phi) is 14.2. The van der Waals surface area contributed by atoms with Crippen LogP contribution in [0, 0.1) is 11.7 Å². The molecular formula is C22H38FIN4O2. The van der Waals surface area contributed by atoms with E-state index < -0.39 is 0 Å². The molecule has 0 saturated carbocycles. The van der Waals surface area contributed by atoms with Crippen molar-refractivity contribution in [2.45, 2.75) is 39.2 Å². The van der Waals surface area contributed by atoms with E-state index in [1.54, 1.807) is 12.1 Å². The van der Waals surface area contributed by atoms with Gasteiger partial charge in [0, 0.05) is 39.3 Å². The lowest BCUT2D eigenvalue weighted by atomic mass is 10.0. The van der Waals surface area contributed by atoms with Gasteiger partial charge in [-0.25, -0.2) is 4.39 Å². The first-order valence-electron chi connectivity index (χ1n) is 10.9. The average molecular weight is 536 g/mol. The van der Waals surface area contributed by atoms with Crippen molar-refractivity contribution in [1.29, 1.82) is 0 Å². The number of halogens is 2. The van der Waals surface area contributed by atoms with E-state index >= 15 is 0 Å². The summed E-state index contributed by atoms with van der Waals surface area (Å²) in [6, 6.07) is 6.88. The Labute approximate surface area is 197 Å². The first-order chi connectivity index (χ1) is 14.2. The van der Waals surface area contributed by atoms with Crippen LogP contribution in [0.25, 0.3) is 0 Å². The molecule has 1 aromatic carbocycles. The summed E-state index contributed by atoms with van der Waals surface area (Å²) in [5.74, 6) is 0.938. The number of aliphatic hydroxyl groups excluding tert-OH is 1. The Morgan fingerprint density at radius 3 is 2.63 bits per heavy atom. The minimum Gasteiger partial charge on any atom is -0.396 e. The number of aliphatic hydroxyl groups is 1. The van der Waals surface area contributed by atoms with Crippen molar-refractivity contribution in [2.75, 3.05) is 52.5 Å². The molecule has 0 radical (unpaired) electrons. The van der Waals surface area contributed by atoms with Crippen molar-refractivity contribution in [3.63, 3.8) is 0 Å². The normalized spacial score (nSPS) is 17.1. The van der Waals surface area contributed by atoms with E-state index in [0.717, 1.165) is 50.4 Å². The molecular weight excluding hydrogens is 498 g/mol. The fourth-order valence-electron chi connectivity index (χ4n) is 3.73. The molecule has 0 amide bonds. The van der Waals surface area contributed by atoms with Crippen LogP contribution < -0.4 is 10.6 Å². The number of aliphatic imine (C=N–C) groups is 1. The number of rotatable bonds is 11. The van der Waals surface area contributed by atoms with Crippen LogP contribution in [-0.2, 0) is 4.74 Å². The second-order valence-electron chi connectivity index (χ2n) is 7.49. The van der Waals surface area contributed by atoms with Gasteiger partial charge < -0.3 is 20.5 Å². The van der Waals surface area contributed by atoms with Crippen molar-refractivity contribution < 1.29 is 14.2 Å². The van der Waals surface area contributed by atoms with Gasteiger partial charge in [-0.05, 0) is 43.4 Å². The Hall–Kier alpha value is -0.970. The highest BCUT2D eigenvalue weighted by atomic mass is 127. The van der Waals surface area contributed by atoms with Crippen LogP contribution in [0.4, 0.5) is 4.39 Å². The SMILES string of the molecule is CCCC(CCO)CN=C(NCC)NCC(c1cccc(F)c1)N1CCOCC1.I. The highest BCUT2D eigenvalue weighted by molar-refractivity contribution is 14.0. The summed E-state index contributed by atoms with van der Waals surface area (Å²) in [5, 5.41) is 16.0. The fourth-order valence-corrected chi connectivity index (χ4v) is 3.73. The number of guanidine groups is 1. The summed E-state index contributed by atoms with van der Waals surface area (Å²) >= 11 is 0. The Morgan fingerprint density at radius 1 is 1.23 bits per heavy atom. The topological polar surface area (TPSA) is 69.1 Å². The monoisotopic (exact) mass is 536 g/mol. The molecule has 3 N–H and O–H groups in total. The van der Waals surface area contributed by atoms with Crippen LogP contribution in [0.1, 0.15) is 44.7 Å². The van der Waals surface area contributed by atoms with Crippen LogP contribution in [0.5, 0.6) is 0 Å². The number of nitrogens with one attached hydrogen (secondary N) is 2. The molecule has 6 nitrogen and oxygen atoms in total. The number of nitrogens with zero attached hydrogens (tertiary/aromatic N) is 2. The first kappa shape index (κ1) is 27.1. The number of hydrogen-bond acceptors (Lipinski definition) is 4. The van der Waals surface area contributed by atoms with Crippen molar-refractivity contribution >= 4 is 29.9 Å². The van der Waals surface area contributed by atoms with Crippen molar-refractivity contribution in [3.8, 4) is 0 Å². The largest absolute Gasteiger partial charge is 0.396 e. The molecule has 1 saturated heterocycles. The minimum atomic E-state index is -0.215. The molecule has 1 fully saturated rings. The van der Waals surface area contributed by atoms with Gasteiger partial charge in [0.25, 0.3) is 0 Å². The lowest BCUT2D eigenvalue weighted by Gasteiger charge is -2.35. The first-order valence-corrected chi connectivity index (χ1v) is 10.9. The molecule has 1 heterocycles. The molecule has 2 atom stereocenters. The summed E-state index contributed by atoms with van der Waals surface area (Å²) in [5.41, 5.74) is 0.958. The van der Waals surface area contributed by atoms with Gasteiger partial charge in [0.1, 0.15) is 5.82 Å². The molecule has 0 aromatic heterocycles. The van der Waals surface area contributed by atoms with E-state index in [9.17, 15) is 9.50 Å². The van der Waals surface area contributed by atoms with E-state index in [1.807, 2.05) is 13.0 Å². The number of benzene rings is 1. The lowest BCUT2D eigenvalue weighted by molar-refractivity contribution is 0.0169. The third-order valence-corrected chi connectivity index (χ3v) is 5.27. The van der Waals surface area contributed by atoms with Gasteiger partial charge >= 0.3 is 0 Å². The van der Waals surface area contributed by atoms with Crippen LogP contribution in [0.3, 0.4) is 0 Å². The van der Waals surface area contributed by atoms with E-state index in [0.29, 0.717) is 32.2 Å². The molecule has 2 unspecified atom stereocenters. The molecule has 1 aliphatic rings. The predicted octanol–water partition coefficient (Wildman–Crippen LogP) is 3.17. The third-order valence-electron chi connectivity index (χ3n) is 5.27. The summed E-state index contributed by atoms with van der Waals surface area (Å²) < 4.78 is 19.3. The van der Waals surface area contributed by atoms with Crippen molar-refractivity contribution in [3.05, 3.63) is 35.6 Å². The van der Waals surface area contributed by atoms with Crippen LogP contribution in [-0.4, -0.2) is 68.5 Å². The maximum absolute atomic E-state index is 13.8. The van der Waals surface area contributed by atoms with Gasteiger partial charge in [0.15, 0.2) is 5.96 Å². The fraction of sp³-hybridized carbons (Fsp3) is 0.682. The molecule has 0 spiro atoms. The maximum Gasteiger partial charge on any atom is 0.191 e. The van der Waals surface area contributed by atoms with Gasteiger partial charge in [0.2, 0.25) is 0 Å². The third kappa shape index (κ3) is 9.45. The molecule has 1 aliphatic heterocycles. The summed E-state index contributed by atoms with van der Waals surface area (Å²) in [6.45, 7) is 9.52. The minimum absolute atomic E-state index is 0. The van der Waals surface area contributed by atoms with Gasteiger partial charge in [0.05, 0.1) is 19.3 Å². The summed E-state index contributed by atoms with van der Waals surface area (Å²) in [4.78, 5) is 7.08. The summed E-state index contributed by atoms with van der Waals surface area (Å²) in [6.07, 6.45) is 2.92. The van der Waals surface area contributed by atoms with Gasteiger partial charge in [-0.3, -0.25) is 9.89 Å². The number of ether oxygens (including phenoxy) is 1. The molecule has 0 aliphatic carbocycles. The average Bonchev–Trinajstić information content (AvgIpc) is 2.73. The zero-order valence-electron chi connectivity index (χ0n) is 18.3. The highest BCUT2D eigenvalue weighted by Crippen LogP contribution is 2.22. The Bertz CT molecular complexity index is 609. The standard InChI is InChI=1S/C22H37FN4O2.HI/c1-3-6-18(9-12-28)16-25-22(24-4-2)26-17-21(27-10-13-29-14-11-27)19-7-5-8-20(23)15-19;/h5,7-8,15,18,21,28H,3-4,6,9-14,16-17H2,1-2H3,(H2,24,25,26);1H. The second kappa shape index (κ2) is 15.8. The highest BCUT2D eigenvalue weighted by Gasteiger charge is 2.23. The van der Waals surface area contributed by atoms with Crippen molar-refractivity contribution in [2.24, 2.45) is 10.9 Å². The van der Waals surface area contributed by atoms with Crippen molar-refractivity contribution in [1.82, 2.24) is 15.5 Å². The lowest BCUT2D eigenvalue weighted by Crippen LogP contribution is -2.46. The van der Waals surface area contributed by atoms with Gasteiger partial charge in [-0.15, -0.1) is 24.0 Å². The van der Waals surface area contributed by atoms with E-state index in [4.69, 9.17) is 9.73 Å². The quantitative estimate of drug-likeness (QED) is 0.230. The van der Waals surface area contributed by atoms with Gasteiger partial charge in [-0.2, -0.15) is 0 Å².